The molecule has 3 rings (SSSR count). The Kier molecular flexibility index (Phi) is 3.24. The first-order valence-corrected chi connectivity index (χ1v) is 6.39. The van der Waals surface area contributed by atoms with E-state index in [2.05, 4.69) is 0 Å². The summed E-state index contributed by atoms with van der Waals surface area (Å²) in [7, 11) is 1.52. The van der Waals surface area contributed by atoms with Crippen molar-refractivity contribution in [2.75, 3.05) is 7.11 Å². The van der Waals surface area contributed by atoms with Gasteiger partial charge in [0, 0.05) is 17.2 Å². The third kappa shape index (κ3) is 2.15. The lowest BCUT2D eigenvalue weighted by Crippen LogP contribution is -1.96. The van der Waals surface area contributed by atoms with Gasteiger partial charge in [0.15, 0.2) is 11.5 Å². The van der Waals surface area contributed by atoms with Crippen molar-refractivity contribution < 1.29 is 14.4 Å². The second kappa shape index (κ2) is 5.22. The SMILES string of the molecule is COc1cccc2c1Oc1cc([N+](=O)[O-])cc(C#N)c1C=C2. The third-order valence-corrected chi connectivity index (χ3v) is 3.33. The first-order chi connectivity index (χ1) is 10.6. The predicted molar refractivity (Wildman–Crippen MR) is 79.8 cm³/mol. The van der Waals surface area contributed by atoms with Crippen molar-refractivity contribution in [2.24, 2.45) is 0 Å². The van der Waals surface area contributed by atoms with Crippen LogP contribution >= 0.6 is 0 Å². The van der Waals surface area contributed by atoms with Crippen molar-refractivity contribution in [3.63, 3.8) is 0 Å². The molecule has 1 aliphatic heterocycles. The van der Waals surface area contributed by atoms with Gasteiger partial charge >= 0.3 is 0 Å². The van der Waals surface area contributed by atoms with Gasteiger partial charge in [-0.3, -0.25) is 10.1 Å². The number of hydrogen-bond donors (Lipinski definition) is 0. The fraction of sp³-hybridized carbons (Fsp3) is 0.0625. The number of nitrogens with zero attached hydrogens (tertiary/aromatic N) is 2. The molecule has 0 saturated carbocycles. The van der Waals surface area contributed by atoms with Gasteiger partial charge in [0.2, 0.25) is 0 Å². The van der Waals surface area contributed by atoms with Crippen LogP contribution in [0.5, 0.6) is 17.2 Å². The van der Waals surface area contributed by atoms with Gasteiger partial charge < -0.3 is 9.47 Å². The number of non-ortho nitro benzene ring substituents is 1. The zero-order valence-electron chi connectivity index (χ0n) is 11.6. The number of nitriles is 1. The Bertz CT molecular complexity index is 850. The highest BCUT2D eigenvalue weighted by Crippen LogP contribution is 2.42. The van der Waals surface area contributed by atoms with Gasteiger partial charge in [0.1, 0.15) is 11.8 Å². The molecule has 1 heterocycles. The van der Waals surface area contributed by atoms with Crippen LogP contribution in [0.15, 0.2) is 30.3 Å². The normalized spacial score (nSPS) is 11.5. The molecule has 2 aromatic rings. The van der Waals surface area contributed by atoms with E-state index >= 15 is 0 Å². The monoisotopic (exact) mass is 294 g/mol. The zero-order chi connectivity index (χ0) is 15.7. The second-order valence-corrected chi connectivity index (χ2v) is 4.59. The maximum Gasteiger partial charge on any atom is 0.274 e. The van der Waals surface area contributed by atoms with Crippen molar-refractivity contribution in [3.05, 3.63) is 57.1 Å². The van der Waals surface area contributed by atoms with Crippen molar-refractivity contribution in [3.8, 4) is 23.3 Å². The summed E-state index contributed by atoms with van der Waals surface area (Å²) in [5, 5.41) is 20.2. The molecule has 108 valence electrons. The molecule has 6 heteroatoms. The summed E-state index contributed by atoms with van der Waals surface area (Å²) in [5.41, 5.74) is 1.27. The van der Waals surface area contributed by atoms with E-state index in [9.17, 15) is 15.4 Å². The minimum Gasteiger partial charge on any atom is -0.493 e. The number of ether oxygens (including phenoxy) is 2. The molecule has 0 radical (unpaired) electrons. The Labute approximate surface area is 126 Å². The van der Waals surface area contributed by atoms with E-state index < -0.39 is 4.92 Å². The molecule has 22 heavy (non-hydrogen) atoms. The van der Waals surface area contributed by atoms with Gasteiger partial charge in [-0.1, -0.05) is 18.2 Å². The van der Waals surface area contributed by atoms with Gasteiger partial charge in [-0.2, -0.15) is 5.26 Å². The second-order valence-electron chi connectivity index (χ2n) is 4.59. The Balaban J connectivity index is 2.24. The lowest BCUT2D eigenvalue weighted by Gasteiger charge is -2.12. The molecule has 1 aliphatic rings. The zero-order valence-corrected chi connectivity index (χ0v) is 11.6. The molecular weight excluding hydrogens is 284 g/mol. The lowest BCUT2D eigenvalue weighted by molar-refractivity contribution is -0.384. The molecule has 2 aromatic carbocycles. The van der Waals surface area contributed by atoms with E-state index in [1.165, 1.54) is 19.2 Å². The summed E-state index contributed by atoms with van der Waals surface area (Å²) in [6.07, 6.45) is 3.50. The van der Waals surface area contributed by atoms with Crippen LogP contribution in [0.3, 0.4) is 0 Å². The van der Waals surface area contributed by atoms with Crippen molar-refractivity contribution in [2.45, 2.75) is 0 Å². The van der Waals surface area contributed by atoms with Crippen LogP contribution in [-0.4, -0.2) is 12.0 Å². The van der Waals surface area contributed by atoms with Crippen LogP contribution in [0.1, 0.15) is 16.7 Å². The highest BCUT2D eigenvalue weighted by Gasteiger charge is 2.21. The molecule has 0 unspecified atom stereocenters. The summed E-state index contributed by atoms with van der Waals surface area (Å²) in [5.74, 6) is 1.23. The smallest absolute Gasteiger partial charge is 0.274 e. The predicted octanol–water partition coefficient (Wildman–Crippen LogP) is 3.75. The lowest BCUT2D eigenvalue weighted by atomic mass is 10.1. The summed E-state index contributed by atoms with van der Waals surface area (Å²) < 4.78 is 11.1. The average molecular weight is 294 g/mol. The maximum atomic E-state index is 11.0. The average Bonchev–Trinajstić information content (AvgIpc) is 2.72. The van der Waals surface area contributed by atoms with Crippen LogP contribution in [0.25, 0.3) is 12.2 Å². The van der Waals surface area contributed by atoms with Crippen LogP contribution in [0, 0.1) is 21.4 Å². The number of methoxy groups -OCH3 is 1. The molecule has 0 atom stereocenters. The summed E-state index contributed by atoms with van der Waals surface area (Å²) >= 11 is 0. The van der Waals surface area contributed by atoms with Crippen LogP contribution in [0.4, 0.5) is 5.69 Å². The molecule has 0 aromatic heterocycles. The standard InChI is InChI=1S/C16H10N2O4/c1-21-14-4-2-3-10-5-6-13-11(9-17)7-12(18(19)20)8-15(13)22-16(10)14/h2-8H,1H3. The van der Waals surface area contributed by atoms with E-state index in [0.29, 0.717) is 17.1 Å². The molecule has 0 fully saturated rings. The number of benzene rings is 2. The number of rotatable bonds is 2. The fourth-order valence-electron chi connectivity index (χ4n) is 2.28. The molecule has 0 saturated heterocycles. The number of nitro benzene ring substituents is 1. The maximum absolute atomic E-state index is 11.0. The quantitative estimate of drug-likeness (QED) is 0.530. The molecule has 6 nitrogen and oxygen atoms in total. The van der Waals surface area contributed by atoms with Crippen molar-refractivity contribution in [1.82, 2.24) is 0 Å². The highest BCUT2D eigenvalue weighted by molar-refractivity contribution is 5.82. The summed E-state index contributed by atoms with van der Waals surface area (Å²) in [4.78, 5) is 10.5. The van der Waals surface area contributed by atoms with Crippen LogP contribution in [-0.2, 0) is 0 Å². The van der Waals surface area contributed by atoms with Gasteiger partial charge in [-0.05, 0) is 12.1 Å². The number of nitro groups is 1. The Hall–Kier alpha value is -3.33. The van der Waals surface area contributed by atoms with E-state index in [-0.39, 0.29) is 17.0 Å². The van der Waals surface area contributed by atoms with Gasteiger partial charge in [-0.25, -0.2) is 0 Å². The molecule has 0 aliphatic carbocycles. The molecule has 0 spiro atoms. The fourth-order valence-corrected chi connectivity index (χ4v) is 2.28. The minimum absolute atomic E-state index is 0.187. The molecule has 0 bridgehead atoms. The van der Waals surface area contributed by atoms with Crippen LogP contribution < -0.4 is 9.47 Å². The summed E-state index contributed by atoms with van der Waals surface area (Å²) in [6.45, 7) is 0. The molecule has 0 N–H and O–H groups in total. The molecule has 0 amide bonds. The van der Waals surface area contributed by atoms with Gasteiger partial charge in [0.25, 0.3) is 5.69 Å². The largest absolute Gasteiger partial charge is 0.493 e. The topological polar surface area (TPSA) is 85.4 Å². The van der Waals surface area contributed by atoms with E-state index in [1.807, 2.05) is 18.2 Å². The van der Waals surface area contributed by atoms with Gasteiger partial charge in [-0.15, -0.1) is 0 Å². The molecular formula is C16H10N2O4. The first-order valence-electron chi connectivity index (χ1n) is 6.39. The van der Waals surface area contributed by atoms with Gasteiger partial charge in [0.05, 0.1) is 23.7 Å². The van der Waals surface area contributed by atoms with Crippen molar-refractivity contribution in [1.29, 1.82) is 5.26 Å². The van der Waals surface area contributed by atoms with E-state index in [4.69, 9.17) is 9.47 Å². The Morgan fingerprint density at radius 1 is 1.32 bits per heavy atom. The Morgan fingerprint density at radius 2 is 2.14 bits per heavy atom. The third-order valence-electron chi connectivity index (χ3n) is 3.33. The Morgan fingerprint density at radius 3 is 2.82 bits per heavy atom. The number of para-hydroxylation sites is 1. The number of hydrogen-bond acceptors (Lipinski definition) is 5. The van der Waals surface area contributed by atoms with Crippen molar-refractivity contribution >= 4 is 17.8 Å². The number of fused-ring (bicyclic) bond motifs is 2. The van der Waals surface area contributed by atoms with Crippen LogP contribution in [0.2, 0.25) is 0 Å². The van der Waals surface area contributed by atoms with E-state index in [1.54, 1.807) is 18.2 Å². The van der Waals surface area contributed by atoms with E-state index in [0.717, 1.165) is 5.56 Å². The summed E-state index contributed by atoms with van der Waals surface area (Å²) in [6, 6.07) is 9.89. The minimum atomic E-state index is -0.553. The highest BCUT2D eigenvalue weighted by atomic mass is 16.6. The first kappa shape index (κ1) is 13.6.